The monoisotopic (exact) mass is 299 g/mol. The van der Waals surface area contributed by atoms with E-state index in [-0.39, 0.29) is 11.7 Å². The molecular formula is C17H14ClNO2. The van der Waals surface area contributed by atoms with Crippen molar-refractivity contribution in [1.29, 1.82) is 0 Å². The van der Waals surface area contributed by atoms with Gasteiger partial charge in [-0.05, 0) is 36.8 Å². The Labute approximate surface area is 128 Å². The summed E-state index contributed by atoms with van der Waals surface area (Å²) >= 11 is 6.00. The smallest absolute Gasteiger partial charge is 0.258 e. The van der Waals surface area contributed by atoms with Gasteiger partial charge in [0.1, 0.15) is 0 Å². The summed E-state index contributed by atoms with van der Waals surface area (Å²) in [7, 11) is 0. The second-order valence-electron chi connectivity index (χ2n) is 5.11. The lowest BCUT2D eigenvalue weighted by atomic mass is 9.98. The normalized spacial score (nSPS) is 14.0. The van der Waals surface area contributed by atoms with Crippen LogP contribution in [0.3, 0.4) is 0 Å². The van der Waals surface area contributed by atoms with Crippen molar-refractivity contribution in [2.24, 2.45) is 0 Å². The highest BCUT2D eigenvalue weighted by Gasteiger charge is 2.28. The number of para-hydroxylation sites is 1. The molecule has 0 saturated carbocycles. The first-order valence-electron chi connectivity index (χ1n) is 6.78. The number of carbonyl (C=O) groups excluding carboxylic acids is 2. The van der Waals surface area contributed by atoms with E-state index in [1.54, 1.807) is 23.1 Å². The lowest BCUT2D eigenvalue weighted by molar-refractivity contribution is 0.0955. The molecule has 0 bridgehead atoms. The lowest BCUT2D eigenvalue weighted by Crippen LogP contribution is -2.37. The molecule has 1 aliphatic rings. The molecule has 0 N–H and O–H groups in total. The Morgan fingerprint density at radius 3 is 2.76 bits per heavy atom. The maximum absolute atomic E-state index is 12.8. The minimum absolute atomic E-state index is 0.0810. The lowest BCUT2D eigenvalue weighted by Gasteiger charge is -2.29. The van der Waals surface area contributed by atoms with Crippen LogP contribution in [-0.4, -0.2) is 18.2 Å². The average molecular weight is 300 g/mol. The van der Waals surface area contributed by atoms with E-state index in [4.69, 9.17) is 11.6 Å². The standard InChI is InChI=1S/C17H14ClNO2/c1-11-6-7-12(18)10-14(11)17(21)19-9-8-16(20)13-4-2-3-5-15(13)19/h2-7,10H,8-9H2,1H3. The van der Waals surface area contributed by atoms with E-state index in [1.165, 1.54) is 0 Å². The van der Waals surface area contributed by atoms with Crippen molar-refractivity contribution in [2.45, 2.75) is 13.3 Å². The molecule has 4 heteroatoms. The molecule has 0 radical (unpaired) electrons. The van der Waals surface area contributed by atoms with Crippen LogP contribution in [0.5, 0.6) is 0 Å². The van der Waals surface area contributed by atoms with Gasteiger partial charge in [-0.25, -0.2) is 0 Å². The number of aryl methyl sites for hydroxylation is 1. The number of Topliss-reactive ketones (excluding diaryl/α,β-unsaturated/α-hetero) is 1. The van der Waals surface area contributed by atoms with Gasteiger partial charge in [-0.15, -0.1) is 0 Å². The van der Waals surface area contributed by atoms with Crippen molar-refractivity contribution in [2.75, 3.05) is 11.4 Å². The van der Waals surface area contributed by atoms with E-state index in [2.05, 4.69) is 0 Å². The van der Waals surface area contributed by atoms with Gasteiger partial charge in [0.25, 0.3) is 5.91 Å². The summed E-state index contributed by atoms with van der Waals surface area (Å²) in [6.07, 6.45) is 0.350. The maximum Gasteiger partial charge on any atom is 0.258 e. The van der Waals surface area contributed by atoms with E-state index in [0.717, 1.165) is 5.56 Å². The first kappa shape index (κ1) is 13.8. The quantitative estimate of drug-likeness (QED) is 0.801. The van der Waals surface area contributed by atoms with E-state index >= 15 is 0 Å². The van der Waals surface area contributed by atoms with Crippen molar-refractivity contribution < 1.29 is 9.59 Å². The second-order valence-corrected chi connectivity index (χ2v) is 5.54. The molecule has 0 aliphatic carbocycles. The zero-order valence-electron chi connectivity index (χ0n) is 11.6. The summed E-state index contributed by atoms with van der Waals surface area (Å²) in [5.41, 5.74) is 2.74. The van der Waals surface area contributed by atoms with Crippen LogP contribution in [0.15, 0.2) is 42.5 Å². The van der Waals surface area contributed by atoms with E-state index in [9.17, 15) is 9.59 Å². The van der Waals surface area contributed by atoms with Crippen LogP contribution < -0.4 is 4.90 Å². The largest absolute Gasteiger partial charge is 0.307 e. The van der Waals surface area contributed by atoms with Gasteiger partial charge in [0.2, 0.25) is 0 Å². The average Bonchev–Trinajstić information content (AvgIpc) is 2.50. The van der Waals surface area contributed by atoms with Crippen LogP contribution in [0.1, 0.15) is 32.7 Å². The Bertz CT molecular complexity index is 739. The van der Waals surface area contributed by atoms with Crippen LogP contribution in [0.25, 0.3) is 0 Å². The van der Waals surface area contributed by atoms with Crippen molar-refractivity contribution in [3.05, 3.63) is 64.2 Å². The molecule has 106 valence electrons. The van der Waals surface area contributed by atoms with Crippen LogP contribution >= 0.6 is 11.6 Å². The van der Waals surface area contributed by atoms with E-state index < -0.39 is 0 Å². The Balaban J connectivity index is 2.05. The molecular weight excluding hydrogens is 286 g/mol. The molecule has 0 aromatic heterocycles. The Morgan fingerprint density at radius 2 is 1.95 bits per heavy atom. The topological polar surface area (TPSA) is 37.4 Å². The molecule has 3 nitrogen and oxygen atoms in total. The number of benzene rings is 2. The van der Waals surface area contributed by atoms with Crippen LogP contribution in [0.4, 0.5) is 5.69 Å². The molecule has 1 aliphatic heterocycles. The molecule has 1 heterocycles. The zero-order valence-corrected chi connectivity index (χ0v) is 12.4. The molecule has 0 atom stereocenters. The fourth-order valence-corrected chi connectivity index (χ4v) is 2.77. The van der Waals surface area contributed by atoms with Gasteiger partial charge in [-0.1, -0.05) is 29.8 Å². The number of fused-ring (bicyclic) bond motifs is 1. The minimum Gasteiger partial charge on any atom is -0.307 e. The molecule has 2 aromatic rings. The van der Waals surface area contributed by atoms with E-state index in [1.807, 2.05) is 31.2 Å². The van der Waals surface area contributed by atoms with Gasteiger partial charge < -0.3 is 4.90 Å². The van der Waals surface area contributed by atoms with Crippen molar-refractivity contribution in [1.82, 2.24) is 0 Å². The molecule has 0 fully saturated rings. The van der Waals surface area contributed by atoms with Crippen LogP contribution in [-0.2, 0) is 0 Å². The predicted molar refractivity (Wildman–Crippen MR) is 83.3 cm³/mol. The van der Waals surface area contributed by atoms with Gasteiger partial charge in [0.15, 0.2) is 5.78 Å². The summed E-state index contributed by atoms with van der Waals surface area (Å²) in [5.74, 6) is -0.0348. The van der Waals surface area contributed by atoms with Gasteiger partial charge in [0.05, 0.1) is 5.69 Å². The number of halogens is 1. The Morgan fingerprint density at radius 1 is 1.19 bits per heavy atom. The first-order chi connectivity index (χ1) is 10.1. The predicted octanol–water partition coefficient (Wildman–Crippen LogP) is 3.88. The summed E-state index contributed by atoms with van der Waals surface area (Å²) in [6, 6.07) is 12.5. The summed E-state index contributed by atoms with van der Waals surface area (Å²) in [4.78, 5) is 26.4. The molecule has 0 unspecified atom stereocenters. The molecule has 3 rings (SSSR count). The highest BCUT2D eigenvalue weighted by molar-refractivity contribution is 6.31. The molecule has 2 aromatic carbocycles. The fraction of sp³-hybridized carbons (Fsp3) is 0.176. The number of anilines is 1. The fourth-order valence-electron chi connectivity index (χ4n) is 2.59. The summed E-state index contributed by atoms with van der Waals surface area (Å²) < 4.78 is 0. The van der Waals surface area contributed by atoms with Crippen LogP contribution in [0, 0.1) is 6.92 Å². The molecule has 0 spiro atoms. The third kappa shape index (κ3) is 2.45. The number of carbonyl (C=O) groups is 2. The van der Waals surface area contributed by atoms with Crippen LogP contribution in [0.2, 0.25) is 5.02 Å². The van der Waals surface area contributed by atoms with Crippen molar-refractivity contribution >= 4 is 29.0 Å². The first-order valence-corrected chi connectivity index (χ1v) is 7.16. The minimum atomic E-state index is -0.116. The summed E-state index contributed by atoms with van der Waals surface area (Å²) in [6.45, 7) is 2.28. The molecule has 0 saturated heterocycles. The number of hydrogen-bond donors (Lipinski definition) is 0. The Hall–Kier alpha value is -2.13. The Kier molecular flexibility index (Phi) is 3.52. The second kappa shape index (κ2) is 5.34. The van der Waals surface area contributed by atoms with Crippen molar-refractivity contribution in [3.63, 3.8) is 0 Å². The number of hydrogen-bond acceptors (Lipinski definition) is 2. The highest BCUT2D eigenvalue weighted by atomic mass is 35.5. The zero-order chi connectivity index (χ0) is 15.0. The SMILES string of the molecule is Cc1ccc(Cl)cc1C(=O)N1CCC(=O)c2ccccc21. The molecule has 21 heavy (non-hydrogen) atoms. The highest BCUT2D eigenvalue weighted by Crippen LogP contribution is 2.29. The van der Waals surface area contributed by atoms with E-state index in [0.29, 0.717) is 34.8 Å². The van der Waals surface area contributed by atoms with Gasteiger partial charge in [-0.2, -0.15) is 0 Å². The third-order valence-electron chi connectivity index (χ3n) is 3.73. The third-order valence-corrected chi connectivity index (χ3v) is 3.97. The summed E-state index contributed by atoms with van der Waals surface area (Å²) in [5, 5.41) is 0.533. The number of amides is 1. The van der Waals surface area contributed by atoms with Crippen molar-refractivity contribution in [3.8, 4) is 0 Å². The molecule has 1 amide bonds. The number of nitrogens with zero attached hydrogens (tertiary/aromatic N) is 1. The van der Waals surface area contributed by atoms with Gasteiger partial charge in [0, 0.05) is 29.1 Å². The number of ketones is 1. The van der Waals surface area contributed by atoms with Gasteiger partial charge in [-0.3, -0.25) is 9.59 Å². The number of rotatable bonds is 1. The maximum atomic E-state index is 12.8. The van der Waals surface area contributed by atoms with Gasteiger partial charge >= 0.3 is 0 Å².